The van der Waals surface area contributed by atoms with Gasteiger partial charge in [0.15, 0.2) is 0 Å². The van der Waals surface area contributed by atoms with Crippen molar-refractivity contribution >= 4 is 15.9 Å². The van der Waals surface area contributed by atoms with Crippen molar-refractivity contribution in [3.8, 4) is 0 Å². The fourth-order valence-electron chi connectivity index (χ4n) is 2.53. The van der Waals surface area contributed by atoms with E-state index in [1.807, 2.05) is 0 Å². The maximum atomic E-state index is 13.8. The van der Waals surface area contributed by atoms with Crippen LogP contribution >= 0.6 is 0 Å². The molecule has 0 spiro atoms. The molecule has 1 unspecified atom stereocenters. The number of benzene rings is 1. The van der Waals surface area contributed by atoms with Gasteiger partial charge in [-0.15, -0.1) is 0 Å². The van der Waals surface area contributed by atoms with Crippen LogP contribution in [0.2, 0.25) is 0 Å². The van der Waals surface area contributed by atoms with Crippen molar-refractivity contribution in [2.75, 3.05) is 32.9 Å². The molecule has 1 aromatic carbocycles. The number of carbonyl (C=O) groups excluding carboxylic acids is 1. The van der Waals surface area contributed by atoms with Crippen molar-refractivity contribution in [1.29, 1.82) is 0 Å². The Hall–Kier alpha value is -1.54. The van der Waals surface area contributed by atoms with E-state index in [0.717, 1.165) is 10.6 Å². The summed E-state index contributed by atoms with van der Waals surface area (Å²) in [5.41, 5.74) is -0.00531. The number of hydrogen-bond acceptors (Lipinski definition) is 3. The molecule has 0 aromatic heterocycles. The minimum Gasteiger partial charge on any atom is -0.341 e. The highest BCUT2D eigenvalue weighted by Crippen LogP contribution is 2.31. The van der Waals surface area contributed by atoms with Crippen molar-refractivity contribution in [2.24, 2.45) is 0 Å². The van der Waals surface area contributed by atoms with Crippen molar-refractivity contribution in [3.63, 3.8) is 0 Å². The van der Waals surface area contributed by atoms with Gasteiger partial charge in [0.1, 0.15) is 11.6 Å². The Morgan fingerprint density at radius 3 is 2.50 bits per heavy atom. The first-order chi connectivity index (χ1) is 10.2. The molecule has 5 nitrogen and oxygen atoms in total. The van der Waals surface area contributed by atoms with Crippen LogP contribution in [-0.2, 0) is 14.8 Å². The fourth-order valence-corrected chi connectivity index (χ4v) is 2.88. The standard InChI is InChI=1S/C14H18F2N2O3S/c1-17(22(2,20)21)9-13(19)18-7-6-10(8-18)14-11(15)4-3-5-12(14)16/h3-5,10H,6-9H2,1-2H3. The van der Waals surface area contributed by atoms with E-state index >= 15 is 0 Å². The number of rotatable bonds is 4. The molecule has 1 saturated heterocycles. The minimum atomic E-state index is -3.44. The van der Waals surface area contributed by atoms with Gasteiger partial charge in [-0.05, 0) is 18.6 Å². The van der Waals surface area contributed by atoms with Crippen LogP contribution in [-0.4, -0.2) is 56.5 Å². The zero-order valence-corrected chi connectivity index (χ0v) is 13.2. The first-order valence-electron chi connectivity index (χ1n) is 6.83. The van der Waals surface area contributed by atoms with Crippen LogP contribution in [0.25, 0.3) is 0 Å². The third-order valence-electron chi connectivity index (χ3n) is 3.87. The van der Waals surface area contributed by atoms with E-state index in [0.29, 0.717) is 13.0 Å². The molecule has 1 atom stereocenters. The second-order valence-corrected chi connectivity index (χ2v) is 7.57. The molecule has 0 N–H and O–H groups in total. The van der Waals surface area contributed by atoms with Crippen LogP contribution < -0.4 is 0 Å². The Kier molecular flexibility index (Phi) is 4.81. The van der Waals surface area contributed by atoms with Gasteiger partial charge in [-0.2, -0.15) is 4.31 Å². The van der Waals surface area contributed by atoms with E-state index in [1.165, 1.54) is 30.1 Å². The number of likely N-dealkylation sites (tertiary alicyclic amines) is 1. The molecule has 0 saturated carbocycles. The third kappa shape index (κ3) is 3.61. The summed E-state index contributed by atoms with van der Waals surface area (Å²) in [5.74, 6) is -2.01. The van der Waals surface area contributed by atoms with Gasteiger partial charge in [0.2, 0.25) is 15.9 Å². The van der Waals surface area contributed by atoms with Crippen LogP contribution in [0.1, 0.15) is 17.9 Å². The van der Waals surface area contributed by atoms with Crippen molar-refractivity contribution < 1.29 is 22.0 Å². The van der Waals surface area contributed by atoms with Crippen molar-refractivity contribution in [1.82, 2.24) is 9.21 Å². The number of sulfonamides is 1. The summed E-state index contributed by atoms with van der Waals surface area (Å²) in [4.78, 5) is 13.5. The summed E-state index contributed by atoms with van der Waals surface area (Å²) >= 11 is 0. The first kappa shape index (κ1) is 16.8. The van der Waals surface area contributed by atoms with Gasteiger partial charge in [0, 0.05) is 31.6 Å². The first-order valence-corrected chi connectivity index (χ1v) is 8.68. The van der Waals surface area contributed by atoms with Gasteiger partial charge < -0.3 is 4.90 Å². The Labute approximate surface area is 128 Å². The molecule has 8 heteroatoms. The van der Waals surface area contributed by atoms with Gasteiger partial charge in [0.05, 0.1) is 12.8 Å². The Morgan fingerprint density at radius 2 is 1.95 bits per heavy atom. The molecular weight excluding hydrogens is 314 g/mol. The van der Waals surface area contributed by atoms with Gasteiger partial charge in [-0.3, -0.25) is 4.79 Å². The molecule has 1 amide bonds. The molecule has 1 fully saturated rings. The highest BCUT2D eigenvalue weighted by Gasteiger charge is 2.31. The smallest absolute Gasteiger partial charge is 0.237 e. The number of halogens is 2. The minimum absolute atomic E-state index is 0.00531. The van der Waals surface area contributed by atoms with E-state index in [1.54, 1.807) is 0 Å². The lowest BCUT2D eigenvalue weighted by Gasteiger charge is -2.20. The maximum Gasteiger partial charge on any atom is 0.237 e. The predicted octanol–water partition coefficient (Wildman–Crippen LogP) is 1.17. The van der Waals surface area contributed by atoms with E-state index in [9.17, 15) is 22.0 Å². The number of hydrogen-bond donors (Lipinski definition) is 0. The highest BCUT2D eigenvalue weighted by atomic mass is 32.2. The van der Waals surface area contributed by atoms with E-state index < -0.39 is 27.6 Å². The fraction of sp³-hybridized carbons (Fsp3) is 0.500. The summed E-state index contributed by atoms with van der Waals surface area (Å²) in [6.45, 7) is 0.272. The van der Waals surface area contributed by atoms with E-state index in [4.69, 9.17) is 0 Å². The highest BCUT2D eigenvalue weighted by molar-refractivity contribution is 7.88. The lowest BCUT2D eigenvalue weighted by molar-refractivity contribution is -0.130. The quantitative estimate of drug-likeness (QED) is 0.832. The summed E-state index contributed by atoms with van der Waals surface area (Å²) in [5, 5.41) is 0. The molecule has 122 valence electrons. The monoisotopic (exact) mass is 332 g/mol. The summed E-state index contributed by atoms with van der Waals surface area (Å²) < 4.78 is 51.1. The third-order valence-corrected chi connectivity index (χ3v) is 5.13. The molecule has 1 aromatic rings. The molecule has 22 heavy (non-hydrogen) atoms. The lowest BCUT2D eigenvalue weighted by atomic mass is 9.97. The SMILES string of the molecule is CN(CC(=O)N1CCC(c2c(F)cccc2F)C1)S(C)(=O)=O. The van der Waals surface area contributed by atoms with Crippen LogP contribution in [0, 0.1) is 11.6 Å². The number of likely N-dealkylation sites (N-methyl/N-ethyl adjacent to an activating group) is 1. The van der Waals surface area contributed by atoms with Gasteiger partial charge >= 0.3 is 0 Å². The summed E-state index contributed by atoms with van der Waals surface area (Å²) in [6, 6.07) is 3.69. The largest absolute Gasteiger partial charge is 0.341 e. The van der Waals surface area contributed by atoms with Gasteiger partial charge in [0.25, 0.3) is 0 Å². The number of amides is 1. The molecule has 0 radical (unpaired) electrons. The predicted molar refractivity (Wildman–Crippen MR) is 77.8 cm³/mol. The summed E-state index contributed by atoms with van der Waals surface area (Å²) in [6.07, 6.45) is 1.47. The molecular formula is C14H18F2N2O3S. The molecule has 0 bridgehead atoms. The van der Waals surface area contributed by atoms with E-state index in [-0.39, 0.29) is 24.6 Å². The van der Waals surface area contributed by atoms with Crippen LogP contribution in [0.5, 0.6) is 0 Å². The summed E-state index contributed by atoms with van der Waals surface area (Å²) in [7, 11) is -2.12. The second-order valence-electron chi connectivity index (χ2n) is 5.48. The van der Waals surface area contributed by atoms with Gasteiger partial charge in [-0.25, -0.2) is 17.2 Å². The Bertz CT molecular complexity index is 658. The zero-order valence-electron chi connectivity index (χ0n) is 12.4. The average molecular weight is 332 g/mol. The van der Waals surface area contributed by atoms with Crippen molar-refractivity contribution in [3.05, 3.63) is 35.4 Å². The normalized spacial score (nSPS) is 19.0. The molecule has 1 aliphatic heterocycles. The van der Waals surface area contributed by atoms with Crippen LogP contribution in [0.4, 0.5) is 8.78 Å². The number of nitrogens with zero attached hydrogens (tertiary/aromatic N) is 2. The maximum absolute atomic E-state index is 13.8. The number of carbonyl (C=O) groups is 1. The average Bonchev–Trinajstić information content (AvgIpc) is 2.86. The Morgan fingerprint density at radius 1 is 1.36 bits per heavy atom. The van der Waals surface area contributed by atoms with Crippen molar-refractivity contribution in [2.45, 2.75) is 12.3 Å². The van der Waals surface area contributed by atoms with Gasteiger partial charge in [-0.1, -0.05) is 6.07 Å². The Balaban J connectivity index is 2.05. The zero-order chi connectivity index (χ0) is 16.5. The second kappa shape index (κ2) is 6.29. The van der Waals surface area contributed by atoms with Crippen LogP contribution in [0.3, 0.4) is 0 Å². The van der Waals surface area contributed by atoms with E-state index in [2.05, 4.69) is 0 Å². The molecule has 0 aliphatic carbocycles. The molecule has 2 rings (SSSR count). The van der Waals surface area contributed by atoms with Crippen LogP contribution in [0.15, 0.2) is 18.2 Å². The topological polar surface area (TPSA) is 57.7 Å². The molecule has 1 heterocycles. The lowest BCUT2D eigenvalue weighted by Crippen LogP contribution is -2.39. The molecule has 1 aliphatic rings.